The molecule has 30 heavy (non-hydrogen) atoms. The molecular formula is C20H20N4O3S3. The number of hydrogen-bond donors (Lipinski definition) is 1. The zero-order chi connectivity index (χ0) is 22.0. The van der Waals surface area contributed by atoms with Gasteiger partial charge in [-0.1, -0.05) is 17.8 Å². The molecule has 0 aliphatic heterocycles. The van der Waals surface area contributed by atoms with Crippen LogP contribution in [0.4, 0.5) is 5.00 Å². The predicted octanol–water partition coefficient (Wildman–Crippen LogP) is 4.25. The van der Waals surface area contributed by atoms with Crippen LogP contribution >= 0.6 is 34.4 Å². The number of nitrogens with two attached hydrogens (primary N) is 1. The predicted molar refractivity (Wildman–Crippen MR) is 123 cm³/mol. The zero-order valence-corrected chi connectivity index (χ0v) is 19.2. The third kappa shape index (κ3) is 3.88. The average molecular weight is 461 g/mol. The Morgan fingerprint density at radius 1 is 1.43 bits per heavy atom. The molecule has 0 aliphatic rings. The lowest BCUT2D eigenvalue weighted by molar-refractivity contribution is 0.0531. The SMILES string of the molecule is C=CCn1c(SCc2c(C(=O)OCC)sc(N)c2C#N)nc2sc(C)c(C)c2c1=O. The van der Waals surface area contributed by atoms with Gasteiger partial charge in [0.05, 0.1) is 17.6 Å². The number of carbonyl (C=O) groups is 1. The second kappa shape index (κ2) is 9.04. The Hall–Kier alpha value is -2.61. The lowest BCUT2D eigenvalue weighted by Crippen LogP contribution is -2.22. The smallest absolute Gasteiger partial charge is 0.348 e. The number of aryl methyl sites for hydroxylation is 2. The summed E-state index contributed by atoms with van der Waals surface area (Å²) in [5.74, 6) is -0.258. The number of allylic oxidation sites excluding steroid dienone is 1. The Balaban J connectivity index is 2.07. The Morgan fingerprint density at radius 3 is 2.80 bits per heavy atom. The van der Waals surface area contributed by atoms with E-state index in [0.717, 1.165) is 21.8 Å². The van der Waals surface area contributed by atoms with Gasteiger partial charge in [0.25, 0.3) is 5.56 Å². The van der Waals surface area contributed by atoms with Crippen molar-refractivity contribution >= 4 is 55.6 Å². The fraction of sp³-hybridized carbons (Fsp3) is 0.300. The van der Waals surface area contributed by atoms with E-state index in [9.17, 15) is 14.9 Å². The molecule has 0 radical (unpaired) electrons. The fourth-order valence-electron chi connectivity index (χ4n) is 2.95. The van der Waals surface area contributed by atoms with E-state index in [1.165, 1.54) is 23.1 Å². The number of hydrogen-bond acceptors (Lipinski definition) is 9. The maximum atomic E-state index is 13.1. The molecule has 0 atom stereocenters. The summed E-state index contributed by atoms with van der Waals surface area (Å²) in [7, 11) is 0. The molecule has 2 N–H and O–H groups in total. The van der Waals surface area contributed by atoms with E-state index in [4.69, 9.17) is 15.5 Å². The molecule has 0 aliphatic carbocycles. The van der Waals surface area contributed by atoms with Gasteiger partial charge in [0.1, 0.15) is 20.8 Å². The number of carbonyl (C=O) groups excluding carboxylic acids is 1. The number of anilines is 1. The fourth-order valence-corrected chi connectivity index (χ4v) is 6.08. The van der Waals surface area contributed by atoms with Crippen LogP contribution in [0.1, 0.15) is 38.2 Å². The van der Waals surface area contributed by atoms with Gasteiger partial charge in [-0.15, -0.1) is 29.3 Å². The Bertz CT molecular complexity index is 1250. The van der Waals surface area contributed by atoms with Crippen molar-refractivity contribution in [1.29, 1.82) is 5.26 Å². The van der Waals surface area contributed by atoms with Gasteiger partial charge in [-0.2, -0.15) is 5.26 Å². The normalized spacial score (nSPS) is 10.9. The van der Waals surface area contributed by atoms with Crippen molar-refractivity contribution in [2.75, 3.05) is 12.3 Å². The van der Waals surface area contributed by atoms with Crippen LogP contribution in [0.15, 0.2) is 22.6 Å². The molecule has 3 heterocycles. The number of nitrogen functional groups attached to an aromatic ring is 1. The molecule has 0 fully saturated rings. The summed E-state index contributed by atoms with van der Waals surface area (Å²) in [4.78, 5) is 32.1. The minimum absolute atomic E-state index is 0.125. The first kappa shape index (κ1) is 22.1. The first-order valence-corrected chi connectivity index (χ1v) is 11.7. The first-order valence-electron chi connectivity index (χ1n) is 9.06. The van der Waals surface area contributed by atoms with Crippen molar-refractivity contribution in [3.63, 3.8) is 0 Å². The van der Waals surface area contributed by atoms with Crippen molar-refractivity contribution in [2.24, 2.45) is 0 Å². The van der Waals surface area contributed by atoms with E-state index >= 15 is 0 Å². The molecule has 3 rings (SSSR count). The zero-order valence-electron chi connectivity index (χ0n) is 16.8. The molecule has 3 aromatic heterocycles. The summed E-state index contributed by atoms with van der Waals surface area (Å²) >= 11 is 3.79. The number of rotatable bonds is 7. The van der Waals surface area contributed by atoms with E-state index in [0.29, 0.717) is 32.4 Å². The molecule has 0 saturated heterocycles. The van der Waals surface area contributed by atoms with Crippen LogP contribution in [0.2, 0.25) is 0 Å². The second-order valence-corrected chi connectivity index (χ2v) is 9.53. The van der Waals surface area contributed by atoms with E-state index in [-0.39, 0.29) is 28.5 Å². The molecular weight excluding hydrogens is 440 g/mol. The molecule has 0 spiro atoms. The molecule has 0 amide bonds. The maximum absolute atomic E-state index is 13.1. The van der Waals surface area contributed by atoms with Crippen LogP contribution in [0.5, 0.6) is 0 Å². The van der Waals surface area contributed by atoms with Gasteiger partial charge in [0.15, 0.2) is 5.16 Å². The summed E-state index contributed by atoms with van der Waals surface area (Å²) in [5, 5.41) is 10.9. The minimum Gasteiger partial charge on any atom is -0.462 e. The number of esters is 1. The van der Waals surface area contributed by atoms with Crippen LogP contribution in [-0.2, 0) is 17.0 Å². The van der Waals surface area contributed by atoms with Crippen LogP contribution in [0.25, 0.3) is 10.2 Å². The lowest BCUT2D eigenvalue weighted by Gasteiger charge is -2.11. The molecule has 3 aromatic rings. The van der Waals surface area contributed by atoms with Gasteiger partial charge in [-0.05, 0) is 26.3 Å². The van der Waals surface area contributed by atoms with Gasteiger partial charge in [0, 0.05) is 22.7 Å². The average Bonchev–Trinajstić information content (AvgIpc) is 3.18. The number of thioether (sulfide) groups is 1. The van der Waals surface area contributed by atoms with Crippen LogP contribution in [0.3, 0.4) is 0 Å². The second-order valence-electron chi connectivity index (χ2n) is 6.33. The third-order valence-electron chi connectivity index (χ3n) is 4.52. The summed E-state index contributed by atoms with van der Waals surface area (Å²) in [5.41, 5.74) is 7.52. The Morgan fingerprint density at radius 2 is 2.17 bits per heavy atom. The van der Waals surface area contributed by atoms with E-state index in [1.54, 1.807) is 17.6 Å². The van der Waals surface area contributed by atoms with E-state index in [1.807, 2.05) is 13.8 Å². The monoisotopic (exact) mass is 460 g/mol. The topological polar surface area (TPSA) is 111 Å². The third-order valence-corrected chi connectivity index (χ3v) is 7.66. The summed E-state index contributed by atoms with van der Waals surface area (Å²) in [6, 6.07) is 2.07. The number of nitrogens with zero attached hydrogens (tertiary/aromatic N) is 3. The van der Waals surface area contributed by atoms with Crippen molar-refractivity contribution in [2.45, 2.75) is 38.2 Å². The Labute approximate surface area is 185 Å². The van der Waals surface area contributed by atoms with Crippen molar-refractivity contribution in [3.8, 4) is 6.07 Å². The van der Waals surface area contributed by atoms with Crippen LogP contribution in [0, 0.1) is 25.2 Å². The molecule has 0 bridgehead atoms. The minimum atomic E-state index is -0.511. The maximum Gasteiger partial charge on any atom is 0.348 e. The number of nitriles is 1. The molecule has 7 nitrogen and oxygen atoms in total. The van der Waals surface area contributed by atoms with Gasteiger partial charge in [0.2, 0.25) is 0 Å². The number of ether oxygens (including phenoxy) is 1. The van der Waals surface area contributed by atoms with Gasteiger partial charge in [-0.25, -0.2) is 9.78 Å². The molecule has 0 unspecified atom stereocenters. The lowest BCUT2D eigenvalue weighted by atomic mass is 10.2. The van der Waals surface area contributed by atoms with Crippen molar-refractivity contribution in [3.05, 3.63) is 49.5 Å². The summed E-state index contributed by atoms with van der Waals surface area (Å²) in [6.07, 6.45) is 1.64. The number of thiophene rings is 2. The van der Waals surface area contributed by atoms with Gasteiger partial charge >= 0.3 is 5.97 Å². The highest BCUT2D eigenvalue weighted by Gasteiger charge is 2.24. The quantitative estimate of drug-likeness (QED) is 0.243. The van der Waals surface area contributed by atoms with Crippen LogP contribution in [-0.4, -0.2) is 22.1 Å². The standard InChI is InChI=1S/C20H20N4O3S3/c1-5-7-24-18(25)14-10(3)11(4)29-17(14)23-20(24)28-9-13-12(8-21)16(22)30-15(13)19(26)27-6-2/h5H,1,6-7,9,22H2,2-4H3. The highest BCUT2D eigenvalue weighted by molar-refractivity contribution is 7.98. The summed E-state index contributed by atoms with van der Waals surface area (Å²) < 4.78 is 6.66. The van der Waals surface area contributed by atoms with E-state index < -0.39 is 5.97 Å². The van der Waals surface area contributed by atoms with Crippen LogP contribution < -0.4 is 11.3 Å². The highest BCUT2D eigenvalue weighted by Crippen LogP contribution is 2.36. The van der Waals surface area contributed by atoms with Crippen molar-refractivity contribution in [1.82, 2.24) is 9.55 Å². The molecule has 0 aromatic carbocycles. The highest BCUT2D eigenvalue weighted by atomic mass is 32.2. The van der Waals surface area contributed by atoms with Crippen molar-refractivity contribution < 1.29 is 9.53 Å². The largest absolute Gasteiger partial charge is 0.462 e. The number of fused-ring (bicyclic) bond motifs is 1. The first-order chi connectivity index (χ1) is 14.3. The molecule has 0 saturated carbocycles. The van der Waals surface area contributed by atoms with Gasteiger partial charge < -0.3 is 10.5 Å². The molecule has 156 valence electrons. The Kier molecular flexibility index (Phi) is 6.65. The number of aromatic nitrogens is 2. The van der Waals surface area contributed by atoms with E-state index in [2.05, 4.69) is 12.6 Å². The van der Waals surface area contributed by atoms with Gasteiger partial charge in [-0.3, -0.25) is 9.36 Å². The summed E-state index contributed by atoms with van der Waals surface area (Å²) in [6.45, 7) is 9.86. The molecule has 10 heteroatoms.